The molecule has 1 N–H and O–H groups in total. The molecule has 7 nitrogen and oxygen atoms in total. The van der Waals surface area contributed by atoms with E-state index < -0.39 is 0 Å². The van der Waals surface area contributed by atoms with Crippen LogP contribution in [0.4, 0.5) is 5.13 Å². The number of amides is 1. The van der Waals surface area contributed by atoms with Gasteiger partial charge in [0, 0.05) is 12.0 Å². The number of nitrogens with one attached hydrogen (secondary N) is 1. The lowest BCUT2D eigenvalue weighted by Gasteiger charge is -2.24. The summed E-state index contributed by atoms with van der Waals surface area (Å²) < 4.78 is 10.7. The first-order valence-corrected chi connectivity index (χ1v) is 10.1. The number of carbonyl (C=O) groups excluding carboxylic acids is 1. The van der Waals surface area contributed by atoms with Crippen LogP contribution in [0.3, 0.4) is 0 Å². The number of benzene rings is 1. The Morgan fingerprint density at radius 2 is 2.04 bits per heavy atom. The Labute approximate surface area is 162 Å². The lowest BCUT2D eigenvalue weighted by atomic mass is 10.0. The van der Waals surface area contributed by atoms with Gasteiger partial charge in [-0.1, -0.05) is 17.4 Å². The van der Waals surface area contributed by atoms with Crippen LogP contribution in [0, 0.1) is 0 Å². The van der Waals surface area contributed by atoms with Crippen LogP contribution in [-0.2, 0) is 4.79 Å². The molecular formula is C19H24N4O3S. The normalized spacial score (nSPS) is 19.9. The van der Waals surface area contributed by atoms with Gasteiger partial charge in [0.15, 0.2) is 11.5 Å². The van der Waals surface area contributed by atoms with Gasteiger partial charge in [0.2, 0.25) is 11.0 Å². The quantitative estimate of drug-likeness (QED) is 0.785. The van der Waals surface area contributed by atoms with Crippen LogP contribution in [0.1, 0.15) is 48.2 Å². The Kier molecular flexibility index (Phi) is 5.27. The number of aromatic nitrogens is 2. The van der Waals surface area contributed by atoms with Gasteiger partial charge in [-0.25, -0.2) is 0 Å². The molecular weight excluding hydrogens is 364 g/mol. The first-order valence-electron chi connectivity index (χ1n) is 9.27. The van der Waals surface area contributed by atoms with E-state index in [4.69, 9.17) is 9.47 Å². The zero-order valence-electron chi connectivity index (χ0n) is 15.6. The third-order valence-electron chi connectivity index (χ3n) is 5.12. The Bertz CT molecular complexity index is 821. The van der Waals surface area contributed by atoms with Gasteiger partial charge in [0.05, 0.1) is 20.8 Å². The second-order valence-corrected chi connectivity index (χ2v) is 8.02. The van der Waals surface area contributed by atoms with Gasteiger partial charge in [0.25, 0.3) is 0 Å². The van der Waals surface area contributed by atoms with Crippen molar-refractivity contribution < 1.29 is 14.3 Å². The summed E-state index contributed by atoms with van der Waals surface area (Å²) in [6.07, 6.45) is 4.46. The van der Waals surface area contributed by atoms with Crippen LogP contribution in [0.25, 0.3) is 0 Å². The molecule has 1 aromatic heterocycles. The summed E-state index contributed by atoms with van der Waals surface area (Å²) in [6, 6.07) is 6.18. The summed E-state index contributed by atoms with van der Waals surface area (Å²) in [5.74, 6) is 1.95. The molecule has 1 amide bonds. The van der Waals surface area contributed by atoms with Crippen molar-refractivity contribution in [3.05, 3.63) is 28.8 Å². The predicted octanol–water partition coefficient (Wildman–Crippen LogP) is 3.21. The maximum Gasteiger partial charge on any atom is 0.240 e. The maximum absolute atomic E-state index is 12.5. The minimum atomic E-state index is -0.0409. The van der Waals surface area contributed by atoms with E-state index in [1.165, 1.54) is 24.2 Å². The second-order valence-electron chi connectivity index (χ2n) is 7.01. The fourth-order valence-corrected chi connectivity index (χ4v) is 4.51. The smallest absolute Gasteiger partial charge is 0.240 e. The van der Waals surface area contributed by atoms with Crippen molar-refractivity contribution in [3.8, 4) is 11.5 Å². The Hall–Kier alpha value is -2.19. The minimum absolute atomic E-state index is 0.0409. The van der Waals surface area contributed by atoms with Gasteiger partial charge in [-0.2, -0.15) is 0 Å². The Morgan fingerprint density at radius 1 is 1.22 bits per heavy atom. The monoisotopic (exact) mass is 388 g/mol. The molecule has 1 aliphatic heterocycles. The molecule has 1 saturated heterocycles. The van der Waals surface area contributed by atoms with E-state index in [0.29, 0.717) is 29.1 Å². The van der Waals surface area contributed by atoms with E-state index in [-0.39, 0.29) is 11.9 Å². The first-order chi connectivity index (χ1) is 13.2. The highest BCUT2D eigenvalue weighted by atomic mass is 32.1. The van der Waals surface area contributed by atoms with Gasteiger partial charge < -0.3 is 9.47 Å². The van der Waals surface area contributed by atoms with Crippen LogP contribution >= 0.6 is 11.3 Å². The number of nitrogens with zero attached hydrogens (tertiary/aromatic N) is 3. The molecule has 1 saturated carbocycles. The first kappa shape index (κ1) is 18.2. The molecule has 1 aliphatic carbocycles. The molecule has 2 heterocycles. The van der Waals surface area contributed by atoms with Crippen LogP contribution in [0.2, 0.25) is 0 Å². The van der Waals surface area contributed by atoms with Crippen LogP contribution < -0.4 is 14.8 Å². The number of carbonyl (C=O) groups is 1. The highest BCUT2D eigenvalue weighted by Gasteiger charge is 2.30. The Morgan fingerprint density at radius 3 is 2.78 bits per heavy atom. The molecule has 0 radical (unpaired) electrons. The van der Waals surface area contributed by atoms with E-state index in [1.54, 1.807) is 14.2 Å². The summed E-state index contributed by atoms with van der Waals surface area (Å²) in [7, 11) is 3.27. The van der Waals surface area contributed by atoms with E-state index in [0.717, 1.165) is 30.0 Å². The number of ether oxygens (including phenoxy) is 2. The summed E-state index contributed by atoms with van der Waals surface area (Å²) in [4.78, 5) is 14.7. The van der Waals surface area contributed by atoms with E-state index in [1.807, 2.05) is 12.1 Å². The zero-order valence-corrected chi connectivity index (χ0v) is 16.4. The highest BCUT2D eigenvalue weighted by molar-refractivity contribution is 7.15. The third kappa shape index (κ3) is 4.06. The van der Waals surface area contributed by atoms with Crippen molar-refractivity contribution in [1.29, 1.82) is 0 Å². The molecule has 144 valence electrons. The molecule has 8 heteroatoms. The van der Waals surface area contributed by atoms with Crippen molar-refractivity contribution >= 4 is 22.4 Å². The molecule has 0 bridgehead atoms. The Balaban J connectivity index is 1.41. The predicted molar refractivity (Wildman–Crippen MR) is 104 cm³/mol. The average Bonchev–Trinajstić information content (AvgIpc) is 3.26. The molecule has 1 atom stereocenters. The molecule has 2 fully saturated rings. The summed E-state index contributed by atoms with van der Waals surface area (Å²) in [5.41, 5.74) is 1.14. The second kappa shape index (κ2) is 7.82. The molecule has 2 aromatic rings. The number of likely N-dealkylation sites (tertiary alicyclic amines) is 1. The fourth-order valence-electron chi connectivity index (χ4n) is 3.58. The maximum atomic E-state index is 12.5. The summed E-state index contributed by atoms with van der Waals surface area (Å²) in [5, 5.41) is 12.8. The molecule has 4 rings (SSSR count). The van der Waals surface area contributed by atoms with Gasteiger partial charge in [-0.05, 0) is 49.9 Å². The van der Waals surface area contributed by atoms with Crippen LogP contribution in [0.15, 0.2) is 18.2 Å². The number of hydrogen-bond donors (Lipinski definition) is 1. The zero-order chi connectivity index (χ0) is 18.8. The van der Waals surface area contributed by atoms with Crippen molar-refractivity contribution in [2.24, 2.45) is 0 Å². The van der Waals surface area contributed by atoms with Crippen molar-refractivity contribution in [2.75, 3.05) is 32.6 Å². The van der Waals surface area contributed by atoms with Crippen molar-refractivity contribution in [3.63, 3.8) is 0 Å². The van der Waals surface area contributed by atoms with E-state index in [9.17, 15) is 4.79 Å². The topological polar surface area (TPSA) is 76.6 Å². The van der Waals surface area contributed by atoms with E-state index >= 15 is 0 Å². The largest absolute Gasteiger partial charge is 0.493 e. The molecule has 0 unspecified atom stereocenters. The van der Waals surface area contributed by atoms with Gasteiger partial charge >= 0.3 is 0 Å². The fraction of sp³-hybridized carbons (Fsp3) is 0.526. The van der Waals surface area contributed by atoms with Crippen molar-refractivity contribution in [2.45, 2.75) is 37.6 Å². The molecule has 0 spiro atoms. The van der Waals surface area contributed by atoms with E-state index in [2.05, 4.69) is 26.5 Å². The third-order valence-corrected chi connectivity index (χ3v) is 6.12. The SMILES string of the molecule is COc1ccc([C@H]2CCCN2CC(=O)Nc2nnc(C3CC3)s2)cc1OC. The molecule has 1 aromatic carbocycles. The number of hydrogen-bond acceptors (Lipinski definition) is 7. The number of methoxy groups -OCH3 is 2. The van der Waals surface area contributed by atoms with Crippen LogP contribution in [0.5, 0.6) is 11.5 Å². The number of anilines is 1. The summed E-state index contributed by atoms with van der Waals surface area (Å²) >= 11 is 1.49. The summed E-state index contributed by atoms with van der Waals surface area (Å²) in [6.45, 7) is 1.24. The van der Waals surface area contributed by atoms with Gasteiger partial charge in [-0.15, -0.1) is 10.2 Å². The number of rotatable bonds is 7. The lowest BCUT2D eigenvalue weighted by molar-refractivity contribution is -0.117. The van der Waals surface area contributed by atoms with Crippen LogP contribution in [-0.4, -0.2) is 48.3 Å². The standard InChI is InChI=1S/C19H24N4O3S/c1-25-15-8-7-13(10-16(15)26-2)14-4-3-9-23(14)11-17(24)20-19-22-21-18(27-19)12-5-6-12/h7-8,10,12,14H,3-6,9,11H2,1-2H3,(H,20,22,24)/t14-/m1/s1. The average molecular weight is 388 g/mol. The highest BCUT2D eigenvalue weighted by Crippen LogP contribution is 2.42. The molecule has 27 heavy (non-hydrogen) atoms. The van der Waals surface area contributed by atoms with Crippen molar-refractivity contribution in [1.82, 2.24) is 15.1 Å². The molecule has 2 aliphatic rings. The van der Waals surface area contributed by atoms with Gasteiger partial charge in [0.1, 0.15) is 5.01 Å². The van der Waals surface area contributed by atoms with Gasteiger partial charge in [-0.3, -0.25) is 15.0 Å². The minimum Gasteiger partial charge on any atom is -0.493 e. The lowest BCUT2D eigenvalue weighted by Crippen LogP contribution is -2.32.